The smallest absolute Gasteiger partial charge is 0.122 e. The summed E-state index contributed by atoms with van der Waals surface area (Å²) < 4.78 is 16.4. The molecule has 0 saturated carbocycles. The Labute approximate surface area is 126 Å². The molecule has 0 fully saturated rings. The van der Waals surface area contributed by atoms with Gasteiger partial charge in [-0.3, -0.25) is 0 Å². The molecule has 0 saturated heterocycles. The van der Waals surface area contributed by atoms with Crippen molar-refractivity contribution in [2.45, 2.75) is 19.3 Å². The molecule has 1 atom stereocenters. The summed E-state index contributed by atoms with van der Waals surface area (Å²) in [7, 11) is 3.34. The standard InChI is InChI=1S/C18H22O3/c1-14(9-10-21-16-7-5-4-6-8-16)15-11-17(19-2)13-18(12-15)20-3/h4-8,11-14H,9-10H2,1-3H3. The summed E-state index contributed by atoms with van der Waals surface area (Å²) in [6.07, 6.45) is 0.936. The first kappa shape index (κ1) is 15.2. The summed E-state index contributed by atoms with van der Waals surface area (Å²) in [5.74, 6) is 2.92. The van der Waals surface area contributed by atoms with Crippen LogP contribution in [0.25, 0.3) is 0 Å². The highest BCUT2D eigenvalue weighted by atomic mass is 16.5. The van der Waals surface area contributed by atoms with Crippen molar-refractivity contribution in [3.8, 4) is 17.2 Å². The Morgan fingerprint density at radius 1 is 0.857 bits per heavy atom. The molecule has 0 radical (unpaired) electrons. The molecule has 1 unspecified atom stereocenters. The maximum atomic E-state index is 5.75. The Balaban J connectivity index is 1.95. The second-order valence-electron chi connectivity index (χ2n) is 5.00. The van der Waals surface area contributed by atoms with Crippen LogP contribution in [0.2, 0.25) is 0 Å². The number of hydrogen-bond donors (Lipinski definition) is 0. The van der Waals surface area contributed by atoms with Gasteiger partial charge >= 0.3 is 0 Å². The normalized spacial score (nSPS) is 11.8. The van der Waals surface area contributed by atoms with Crippen LogP contribution < -0.4 is 14.2 Å². The number of ether oxygens (including phenoxy) is 3. The van der Waals surface area contributed by atoms with Crippen LogP contribution in [0.3, 0.4) is 0 Å². The third kappa shape index (κ3) is 4.42. The zero-order valence-electron chi connectivity index (χ0n) is 12.8. The molecule has 0 aliphatic rings. The summed E-state index contributed by atoms with van der Waals surface area (Å²) in [5, 5.41) is 0. The minimum Gasteiger partial charge on any atom is -0.497 e. The predicted molar refractivity (Wildman–Crippen MR) is 84.5 cm³/mol. The van der Waals surface area contributed by atoms with Gasteiger partial charge in [0.1, 0.15) is 17.2 Å². The lowest BCUT2D eigenvalue weighted by atomic mass is 9.97. The quantitative estimate of drug-likeness (QED) is 0.760. The van der Waals surface area contributed by atoms with Crippen molar-refractivity contribution in [2.75, 3.05) is 20.8 Å². The number of benzene rings is 2. The number of para-hydroxylation sites is 1. The highest BCUT2D eigenvalue weighted by Crippen LogP contribution is 2.29. The molecule has 0 spiro atoms. The zero-order valence-corrected chi connectivity index (χ0v) is 12.8. The highest BCUT2D eigenvalue weighted by Gasteiger charge is 2.09. The van der Waals surface area contributed by atoms with Crippen molar-refractivity contribution in [3.05, 3.63) is 54.1 Å². The molecule has 2 rings (SSSR count). The summed E-state index contributed by atoms with van der Waals surface area (Å²) in [6.45, 7) is 2.87. The molecule has 0 bridgehead atoms. The minimum absolute atomic E-state index is 0.373. The van der Waals surface area contributed by atoms with Crippen LogP contribution in [-0.4, -0.2) is 20.8 Å². The number of hydrogen-bond acceptors (Lipinski definition) is 3. The van der Waals surface area contributed by atoms with Gasteiger partial charge in [0.05, 0.1) is 20.8 Å². The fourth-order valence-corrected chi connectivity index (χ4v) is 2.15. The first-order valence-electron chi connectivity index (χ1n) is 7.13. The van der Waals surface area contributed by atoms with Crippen LogP contribution in [0.1, 0.15) is 24.8 Å². The fraction of sp³-hybridized carbons (Fsp3) is 0.333. The summed E-state index contributed by atoms with van der Waals surface area (Å²) in [5.41, 5.74) is 1.20. The van der Waals surface area contributed by atoms with E-state index in [-0.39, 0.29) is 0 Å². The van der Waals surface area contributed by atoms with Gasteiger partial charge in [-0.1, -0.05) is 25.1 Å². The van der Waals surface area contributed by atoms with Crippen molar-refractivity contribution < 1.29 is 14.2 Å². The molecular formula is C18H22O3. The molecule has 21 heavy (non-hydrogen) atoms. The molecule has 0 heterocycles. The number of rotatable bonds is 7. The van der Waals surface area contributed by atoms with Crippen LogP contribution in [0.15, 0.2) is 48.5 Å². The fourth-order valence-electron chi connectivity index (χ4n) is 2.15. The Morgan fingerprint density at radius 2 is 1.48 bits per heavy atom. The van der Waals surface area contributed by atoms with E-state index in [4.69, 9.17) is 14.2 Å². The molecule has 2 aromatic carbocycles. The third-order valence-electron chi connectivity index (χ3n) is 3.51. The summed E-state index contributed by atoms with van der Waals surface area (Å²) >= 11 is 0. The van der Waals surface area contributed by atoms with E-state index in [2.05, 4.69) is 19.1 Å². The van der Waals surface area contributed by atoms with Crippen LogP contribution in [-0.2, 0) is 0 Å². The van der Waals surface area contributed by atoms with Gasteiger partial charge in [-0.2, -0.15) is 0 Å². The Kier molecular flexibility index (Phi) is 5.50. The van der Waals surface area contributed by atoms with Gasteiger partial charge in [0.2, 0.25) is 0 Å². The molecule has 0 aliphatic carbocycles. The van der Waals surface area contributed by atoms with E-state index in [1.807, 2.05) is 36.4 Å². The molecule has 112 valence electrons. The first-order valence-corrected chi connectivity index (χ1v) is 7.13. The molecule has 0 N–H and O–H groups in total. The number of methoxy groups -OCH3 is 2. The van der Waals surface area contributed by atoms with Crippen molar-refractivity contribution >= 4 is 0 Å². The Morgan fingerprint density at radius 3 is 2.05 bits per heavy atom. The van der Waals surface area contributed by atoms with E-state index in [0.29, 0.717) is 12.5 Å². The van der Waals surface area contributed by atoms with Gasteiger partial charge in [0, 0.05) is 6.07 Å². The first-order chi connectivity index (χ1) is 10.2. The second kappa shape index (κ2) is 7.58. The minimum atomic E-state index is 0.373. The lowest BCUT2D eigenvalue weighted by Gasteiger charge is -2.15. The second-order valence-corrected chi connectivity index (χ2v) is 5.00. The van der Waals surface area contributed by atoms with Gasteiger partial charge in [0.15, 0.2) is 0 Å². The molecule has 3 nitrogen and oxygen atoms in total. The van der Waals surface area contributed by atoms with E-state index in [9.17, 15) is 0 Å². The van der Waals surface area contributed by atoms with Crippen molar-refractivity contribution in [2.24, 2.45) is 0 Å². The summed E-state index contributed by atoms with van der Waals surface area (Å²) in [6, 6.07) is 15.9. The molecule has 0 aromatic heterocycles. The van der Waals surface area contributed by atoms with Crippen molar-refractivity contribution in [3.63, 3.8) is 0 Å². The van der Waals surface area contributed by atoms with Gasteiger partial charge in [-0.15, -0.1) is 0 Å². The maximum Gasteiger partial charge on any atom is 0.122 e. The van der Waals surface area contributed by atoms with Crippen LogP contribution >= 0.6 is 0 Å². The average Bonchev–Trinajstić information content (AvgIpc) is 2.55. The summed E-state index contributed by atoms with van der Waals surface area (Å²) in [4.78, 5) is 0. The van der Waals surface area contributed by atoms with Crippen LogP contribution in [0.4, 0.5) is 0 Å². The molecule has 0 amide bonds. The van der Waals surface area contributed by atoms with Gasteiger partial charge in [0.25, 0.3) is 0 Å². The largest absolute Gasteiger partial charge is 0.497 e. The monoisotopic (exact) mass is 286 g/mol. The van der Waals surface area contributed by atoms with E-state index in [1.165, 1.54) is 5.56 Å². The van der Waals surface area contributed by atoms with Gasteiger partial charge < -0.3 is 14.2 Å². The molecule has 3 heteroatoms. The SMILES string of the molecule is COc1cc(OC)cc(C(C)CCOc2ccccc2)c1. The Bertz CT molecular complexity index is 529. The molecular weight excluding hydrogens is 264 g/mol. The van der Waals surface area contributed by atoms with E-state index >= 15 is 0 Å². The van der Waals surface area contributed by atoms with E-state index in [0.717, 1.165) is 23.7 Å². The van der Waals surface area contributed by atoms with Crippen molar-refractivity contribution in [1.29, 1.82) is 0 Å². The van der Waals surface area contributed by atoms with E-state index in [1.54, 1.807) is 14.2 Å². The molecule has 2 aromatic rings. The predicted octanol–water partition coefficient (Wildman–Crippen LogP) is 4.28. The lowest BCUT2D eigenvalue weighted by molar-refractivity contribution is 0.300. The Hall–Kier alpha value is -2.16. The maximum absolute atomic E-state index is 5.75. The van der Waals surface area contributed by atoms with Crippen molar-refractivity contribution in [1.82, 2.24) is 0 Å². The third-order valence-corrected chi connectivity index (χ3v) is 3.51. The van der Waals surface area contributed by atoms with Crippen LogP contribution in [0.5, 0.6) is 17.2 Å². The topological polar surface area (TPSA) is 27.7 Å². The highest BCUT2D eigenvalue weighted by molar-refractivity contribution is 5.39. The lowest BCUT2D eigenvalue weighted by Crippen LogP contribution is -2.04. The zero-order chi connectivity index (χ0) is 15.1. The van der Waals surface area contributed by atoms with Crippen LogP contribution in [0, 0.1) is 0 Å². The van der Waals surface area contributed by atoms with Gasteiger partial charge in [-0.25, -0.2) is 0 Å². The average molecular weight is 286 g/mol. The molecule has 0 aliphatic heterocycles. The van der Waals surface area contributed by atoms with E-state index < -0.39 is 0 Å². The van der Waals surface area contributed by atoms with Gasteiger partial charge in [-0.05, 0) is 42.2 Å².